The number of rotatable bonds is 1. The molecule has 3 heteroatoms. The van der Waals surface area contributed by atoms with Crippen LogP contribution in [0.2, 0.25) is 0 Å². The summed E-state index contributed by atoms with van der Waals surface area (Å²) in [6.45, 7) is 0.465. The lowest BCUT2D eigenvalue weighted by Gasteiger charge is -1.94. The summed E-state index contributed by atoms with van der Waals surface area (Å²) in [5, 5.41) is 0. The molecule has 48 valence electrons. The van der Waals surface area contributed by atoms with E-state index in [9.17, 15) is 4.79 Å². The lowest BCUT2D eigenvalue weighted by molar-refractivity contribution is -0.136. The Balaban J connectivity index is 2.55. The highest BCUT2D eigenvalue weighted by Gasteiger charge is 2.09. The van der Waals surface area contributed by atoms with Crippen LogP contribution in [0.4, 0.5) is 0 Å². The van der Waals surface area contributed by atoms with Crippen LogP contribution in [0.15, 0.2) is 16.6 Å². The van der Waals surface area contributed by atoms with E-state index in [2.05, 4.69) is 9.73 Å². The van der Waals surface area contributed by atoms with Gasteiger partial charge in [-0.1, -0.05) is 0 Å². The molecule has 0 amide bonds. The van der Waals surface area contributed by atoms with E-state index in [4.69, 9.17) is 0 Å². The van der Waals surface area contributed by atoms with Crippen LogP contribution in [0.25, 0.3) is 0 Å². The van der Waals surface area contributed by atoms with Gasteiger partial charge in [0, 0.05) is 6.21 Å². The first-order chi connectivity index (χ1) is 4.34. The minimum absolute atomic E-state index is 0.285. The third-order valence-electron chi connectivity index (χ3n) is 1.09. The van der Waals surface area contributed by atoms with Gasteiger partial charge in [-0.3, -0.25) is 4.99 Å². The summed E-state index contributed by atoms with van der Waals surface area (Å²) in [5.41, 5.74) is 0.623. The van der Waals surface area contributed by atoms with Crippen molar-refractivity contribution in [3.8, 4) is 0 Å². The molecule has 1 aliphatic heterocycles. The Labute approximate surface area is 53.0 Å². The molecule has 0 bridgehead atoms. The number of aliphatic imine (C=N–C) groups is 1. The number of esters is 1. The fourth-order valence-corrected chi connectivity index (χ4v) is 0.610. The topological polar surface area (TPSA) is 38.7 Å². The van der Waals surface area contributed by atoms with Crippen LogP contribution >= 0.6 is 0 Å². The van der Waals surface area contributed by atoms with Gasteiger partial charge in [0.25, 0.3) is 0 Å². The summed E-state index contributed by atoms with van der Waals surface area (Å²) in [4.78, 5) is 14.5. The first kappa shape index (κ1) is 6.01. The predicted molar refractivity (Wildman–Crippen MR) is 33.5 cm³/mol. The molecule has 0 fully saturated rings. The minimum atomic E-state index is -0.285. The van der Waals surface area contributed by atoms with Crippen molar-refractivity contribution in [1.82, 2.24) is 0 Å². The van der Waals surface area contributed by atoms with Crippen molar-refractivity contribution >= 4 is 12.2 Å². The van der Waals surface area contributed by atoms with Crippen LogP contribution in [0, 0.1) is 0 Å². The maximum atomic E-state index is 10.6. The van der Waals surface area contributed by atoms with Gasteiger partial charge in [0.05, 0.1) is 19.2 Å². The lowest BCUT2D eigenvalue weighted by atomic mass is 10.3. The molecule has 0 radical (unpaired) electrons. The summed E-state index contributed by atoms with van der Waals surface area (Å²) >= 11 is 0. The van der Waals surface area contributed by atoms with Gasteiger partial charge >= 0.3 is 5.97 Å². The zero-order valence-electron chi connectivity index (χ0n) is 5.13. The Morgan fingerprint density at radius 1 is 1.89 bits per heavy atom. The molecule has 3 nitrogen and oxygen atoms in total. The summed E-state index contributed by atoms with van der Waals surface area (Å²) in [7, 11) is 1.36. The molecular weight excluding hydrogens is 118 g/mol. The predicted octanol–water partition coefficient (Wildman–Crippen LogP) is 0.170. The molecular formula is C6H7NO2. The highest BCUT2D eigenvalue weighted by atomic mass is 16.5. The summed E-state index contributed by atoms with van der Waals surface area (Å²) in [6, 6.07) is 0. The third kappa shape index (κ3) is 1.16. The summed E-state index contributed by atoms with van der Waals surface area (Å²) < 4.78 is 4.45. The van der Waals surface area contributed by atoms with E-state index in [1.165, 1.54) is 7.11 Å². The molecule has 0 aliphatic carbocycles. The molecule has 0 aromatic heterocycles. The maximum absolute atomic E-state index is 10.6. The molecule has 0 aromatic carbocycles. The van der Waals surface area contributed by atoms with Gasteiger partial charge in [0.15, 0.2) is 0 Å². The quantitative estimate of drug-likeness (QED) is 0.468. The van der Waals surface area contributed by atoms with E-state index in [0.29, 0.717) is 12.1 Å². The largest absolute Gasteiger partial charge is 0.466 e. The van der Waals surface area contributed by atoms with Crippen molar-refractivity contribution in [3.63, 3.8) is 0 Å². The fraction of sp³-hybridized carbons (Fsp3) is 0.333. The molecule has 0 spiro atoms. The van der Waals surface area contributed by atoms with Crippen LogP contribution in [0.3, 0.4) is 0 Å². The van der Waals surface area contributed by atoms with Crippen molar-refractivity contribution in [3.05, 3.63) is 11.6 Å². The zero-order chi connectivity index (χ0) is 6.69. The molecule has 0 unspecified atom stereocenters. The van der Waals surface area contributed by atoms with E-state index in [1.807, 2.05) is 0 Å². The van der Waals surface area contributed by atoms with Crippen molar-refractivity contribution in [2.24, 2.45) is 4.99 Å². The Morgan fingerprint density at radius 2 is 2.67 bits per heavy atom. The van der Waals surface area contributed by atoms with Crippen molar-refractivity contribution in [2.45, 2.75) is 0 Å². The van der Waals surface area contributed by atoms with Crippen LogP contribution in [0.5, 0.6) is 0 Å². The molecule has 0 N–H and O–H groups in total. The first-order valence-electron chi connectivity index (χ1n) is 2.62. The van der Waals surface area contributed by atoms with Crippen molar-refractivity contribution in [2.75, 3.05) is 13.7 Å². The van der Waals surface area contributed by atoms with E-state index in [-0.39, 0.29) is 5.97 Å². The molecule has 1 heterocycles. The molecule has 0 atom stereocenters. The highest BCUT2D eigenvalue weighted by molar-refractivity contribution is 5.96. The fourth-order valence-electron chi connectivity index (χ4n) is 0.610. The smallest absolute Gasteiger partial charge is 0.335 e. The number of methoxy groups -OCH3 is 1. The molecule has 1 aliphatic rings. The molecule has 1 rings (SSSR count). The van der Waals surface area contributed by atoms with Crippen LogP contribution in [-0.4, -0.2) is 25.8 Å². The molecule has 0 saturated heterocycles. The second kappa shape index (κ2) is 2.44. The standard InChI is InChI=1S/C6H7NO2/c1-9-6(8)5-2-3-7-4-5/h2-3H,4H2,1H3. The van der Waals surface area contributed by atoms with Crippen LogP contribution < -0.4 is 0 Å². The lowest BCUT2D eigenvalue weighted by Crippen LogP contribution is -2.04. The Hall–Kier alpha value is -1.12. The van der Waals surface area contributed by atoms with Crippen LogP contribution in [-0.2, 0) is 9.53 Å². The highest BCUT2D eigenvalue weighted by Crippen LogP contribution is 2.01. The average Bonchev–Trinajstić information content (AvgIpc) is 2.37. The van der Waals surface area contributed by atoms with Crippen LogP contribution in [0.1, 0.15) is 0 Å². The number of nitrogens with zero attached hydrogens (tertiary/aromatic N) is 1. The molecule has 0 saturated carbocycles. The number of hydrogen-bond acceptors (Lipinski definition) is 3. The second-order valence-corrected chi connectivity index (χ2v) is 1.67. The SMILES string of the molecule is COC(=O)C1=CC=NC1. The van der Waals surface area contributed by atoms with Gasteiger partial charge in [-0.05, 0) is 6.08 Å². The average molecular weight is 125 g/mol. The first-order valence-corrected chi connectivity index (χ1v) is 2.62. The van der Waals surface area contributed by atoms with E-state index < -0.39 is 0 Å². The number of ether oxygens (including phenoxy) is 1. The summed E-state index contributed by atoms with van der Waals surface area (Å²) in [6.07, 6.45) is 3.26. The third-order valence-corrected chi connectivity index (χ3v) is 1.09. The van der Waals surface area contributed by atoms with Crippen molar-refractivity contribution < 1.29 is 9.53 Å². The number of carbonyl (C=O) groups is 1. The van der Waals surface area contributed by atoms with Gasteiger partial charge < -0.3 is 4.74 Å². The normalized spacial score (nSPS) is 15.4. The van der Waals surface area contributed by atoms with Gasteiger partial charge in [-0.15, -0.1) is 0 Å². The second-order valence-electron chi connectivity index (χ2n) is 1.67. The Bertz CT molecular complexity index is 181. The van der Waals surface area contributed by atoms with E-state index in [1.54, 1.807) is 12.3 Å². The monoisotopic (exact) mass is 125 g/mol. The minimum Gasteiger partial charge on any atom is -0.466 e. The van der Waals surface area contributed by atoms with E-state index >= 15 is 0 Å². The Kier molecular flexibility index (Phi) is 1.63. The molecule has 0 aromatic rings. The van der Waals surface area contributed by atoms with Crippen molar-refractivity contribution in [1.29, 1.82) is 0 Å². The van der Waals surface area contributed by atoms with Gasteiger partial charge in [-0.25, -0.2) is 4.79 Å². The summed E-state index contributed by atoms with van der Waals surface area (Å²) in [5.74, 6) is -0.285. The maximum Gasteiger partial charge on any atom is 0.335 e. The zero-order valence-corrected chi connectivity index (χ0v) is 5.13. The number of allylic oxidation sites excluding steroid dienone is 1. The van der Waals surface area contributed by atoms with Gasteiger partial charge in [-0.2, -0.15) is 0 Å². The Morgan fingerprint density at radius 3 is 3.11 bits per heavy atom. The van der Waals surface area contributed by atoms with E-state index in [0.717, 1.165) is 0 Å². The number of hydrogen-bond donors (Lipinski definition) is 0. The number of carbonyl (C=O) groups excluding carboxylic acids is 1. The molecule has 9 heavy (non-hydrogen) atoms. The van der Waals surface area contributed by atoms with Gasteiger partial charge in [0.2, 0.25) is 0 Å². The van der Waals surface area contributed by atoms with Gasteiger partial charge in [0.1, 0.15) is 0 Å².